The summed E-state index contributed by atoms with van der Waals surface area (Å²) in [4.78, 5) is 26.9. The van der Waals surface area contributed by atoms with Gasteiger partial charge < -0.3 is 15.0 Å². The molecule has 5 nitrogen and oxygen atoms in total. The van der Waals surface area contributed by atoms with E-state index in [9.17, 15) is 14.0 Å². The lowest BCUT2D eigenvalue weighted by atomic mass is 10.1. The summed E-state index contributed by atoms with van der Waals surface area (Å²) in [6, 6.07) is 12.6. The summed E-state index contributed by atoms with van der Waals surface area (Å²) in [6.07, 6.45) is 1.85. The zero-order chi connectivity index (χ0) is 21.2. The summed E-state index contributed by atoms with van der Waals surface area (Å²) in [5.74, 6) is -0.289. The number of unbranched alkanes of at least 4 members (excludes halogenated alkanes) is 1. The standard InChI is InChI=1S/C23H29FN2O3/c1-4-5-14-25-23(28)18(3)26(15-19-8-10-20(24)11-9-19)22(27)16-29-21-12-6-17(2)7-13-21/h6-13,18H,4-5,14-16H2,1-3H3,(H,25,28)/t18-/m1/s1. The molecule has 0 spiro atoms. The van der Waals surface area contributed by atoms with Crippen molar-refractivity contribution in [1.82, 2.24) is 10.2 Å². The molecule has 0 aliphatic carbocycles. The molecule has 0 aromatic heterocycles. The number of hydrogen-bond donors (Lipinski definition) is 1. The molecule has 2 aromatic rings. The van der Waals surface area contributed by atoms with E-state index in [1.54, 1.807) is 31.2 Å². The third-order valence-electron chi connectivity index (χ3n) is 4.65. The summed E-state index contributed by atoms with van der Waals surface area (Å²) in [6.45, 7) is 6.28. The van der Waals surface area contributed by atoms with E-state index in [0.717, 1.165) is 24.0 Å². The third kappa shape index (κ3) is 7.22. The van der Waals surface area contributed by atoms with Crippen molar-refractivity contribution in [2.45, 2.75) is 46.2 Å². The molecule has 0 radical (unpaired) electrons. The zero-order valence-electron chi connectivity index (χ0n) is 17.3. The Morgan fingerprint density at radius 1 is 1.10 bits per heavy atom. The molecule has 2 rings (SSSR count). The second kappa shape index (κ2) is 11.2. The van der Waals surface area contributed by atoms with E-state index >= 15 is 0 Å². The van der Waals surface area contributed by atoms with Crippen LogP contribution in [0.15, 0.2) is 48.5 Å². The lowest BCUT2D eigenvalue weighted by Crippen LogP contribution is -2.49. The molecule has 2 aromatic carbocycles. The number of nitrogens with one attached hydrogen (secondary N) is 1. The highest BCUT2D eigenvalue weighted by molar-refractivity contribution is 5.87. The van der Waals surface area contributed by atoms with E-state index in [0.29, 0.717) is 12.3 Å². The molecule has 0 aliphatic rings. The highest BCUT2D eigenvalue weighted by Crippen LogP contribution is 2.14. The van der Waals surface area contributed by atoms with E-state index in [1.165, 1.54) is 17.0 Å². The van der Waals surface area contributed by atoms with Crippen molar-refractivity contribution >= 4 is 11.8 Å². The van der Waals surface area contributed by atoms with Crippen LogP contribution < -0.4 is 10.1 Å². The van der Waals surface area contributed by atoms with Crippen molar-refractivity contribution < 1.29 is 18.7 Å². The Morgan fingerprint density at radius 2 is 1.76 bits per heavy atom. The molecule has 0 aliphatic heterocycles. The molecule has 0 fully saturated rings. The van der Waals surface area contributed by atoms with Crippen LogP contribution >= 0.6 is 0 Å². The predicted octanol–water partition coefficient (Wildman–Crippen LogP) is 3.85. The molecular formula is C23H29FN2O3. The van der Waals surface area contributed by atoms with Gasteiger partial charge in [-0.05, 0) is 50.1 Å². The number of amides is 2. The Labute approximate surface area is 171 Å². The molecule has 1 N–H and O–H groups in total. The third-order valence-corrected chi connectivity index (χ3v) is 4.65. The summed E-state index contributed by atoms with van der Waals surface area (Å²) in [5, 5.41) is 2.86. The van der Waals surface area contributed by atoms with Crippen LogP contribution in [-0.2, 0) is 16.1 Å². The van der Waals surface area contributed by atoms with Crippen LogP contribution in [0.4, 0.5) is 4.39 Å². The Hall–Kier alpha value is -2.89. The quantitative estimate of drug-likeness (QED) is 0.617. The van der Waals surface area contributed by atoms with Gasteiger partial charge in [0.05, 0.1) is 0 Å². The number of carbonyl (C=O) groups is 2. The molecule has 6 heteroatoms. The van der Waals surface area contributed by atoms with Crippen molar-refractivity contribution in [1.29, 1.82) is 0 Å². The van der Waals surface area contributed by atoms with Gasteiger partial charge in [0.15, 0.2) is 6.61 Å². The summed E-state index contributed by atoms with van der Waals surface area (Å²) < 4.78 is 18.8. The lowest BCUT2D eigenvalue weighted by molar-refractivity contribution is -0.142. The van der Waals surface area contributed by atoms with Gasteiger partial charge in [0.2, 0.25) is 5.91 Å². The van der Waals surface area contributed by atoms with E-state index < -0.39 is 6.04 Å². The topological polar surface area (TPSA) is 58.6 Å². The Morgan fingerprint density at radius 3 is 2.38 bits per heavy atom. The van der Waals surface area contributed by atoms with E-state index in [-0.39, 0.29) is 30.8 Å². The number of aryl methyl sites for hydroxylation is 1. The fourth-order valence-electron chi connectivity index (χ4n) is 2.77. The second-order valence-corrected chi connectivity index (χ2v) is 7.07. The Balaban J connectivity index is 2.08. The summed E-state index contributed by atoms with van der Waals surface area (Å²) >= 11 is 0. The number of halogens is 1. The molecule has 0 unspecified atom stereocenters. The molecule has 0 saturated carbocycles. The molecule has 0 bridgehead atoms. The van der Waals surface area contributed by atoms with Gasteiger partial charge in [-0.2, -0.15) is 0 Å². The zero-order valence-corrected chi connectivity index (χ0v) is 17.3. The van der Waals surface area contributed by atoms with Gasteiger partial charge in [-0.1, -0.05) is 43.2 Å². The van der Waals surface area contributed by atoms with Crippen molar-refractivity contribution in [3.63, 3.8) is 0 Å². The average Bonchev–Trinajstić information content (AvgIpc) is 2.72. The fourth-order valence-corrected chi connectivity index (χ4v) is 2.77. The summed E-state index contributed by atoms with van der Waals surface area (Å²) in [7, 11) is 0. The fraction of sp³-hybridized carbons (Fsp3) is 0.391. The number of rotatable bonds is 10. The molecule has 29 heavy (non-hydrogen) atoms. The normalized spacial score (nSPS) is 11.6. The first-order chi connectivity index (χ1) is 13.9. The van der Waals surface area contributed by atoms with Crippen LogP contribution in [0, 0.1) is 12.7 Å². The maximum atomic E-state index is 13.2. The maximum absolute atomic E-state index is 13.2. The van der Waals surface area contributed by atoms with E-state index in [2.05, 4.69) is 5.32 Å². The highest BCUT2D eigenvalue weighted by Gasteiger charge is 2.26. The van der Waals surface area contributed by atoms with Crippen LogP contribution in [0.2, 0.25) is 0 Å². The van der Waals surface area contributed by atoms with Crippen molar-refractivity contribution in [2.75, 3.05) is 13.2 Å². The van der Waals surface area contributed by atoms with Gasteiger partial charge >= 0.3 is 0 Å². The van der Waals surface area contributed by atoms with Crippen LogP contribution in [-0.4, -0.2) is 35.9 Å². The average molecular weight is 400 g/mol. The molecule has 156 valence electrons. The van der Waals surface area contributed by atoms with Crippen molar-refractivity contribution in [2.24, 2.45) is 0 Å². The minimum atomic E-state index is -0.675. The van der Waals surface area contributed by atoms with Gasteiger partial charge in [-0.3, -0.25) is 9.59 Å². The first-order valence-corrected chi connectivity index (χ1v) is 9.91. The van der Waals surface area contributed by atoms with Gasteiger partial charge in [0.1, 0.15) is 17.6 Å². The largest absolute Gasteiger partial charge is 0.484 e. The number of nitrogens with zero attached hydrogens (tertiary/aromatic N) is 1. The minimum absolute atomic E-state index is 0.184. The van der Waals surface area contributed by atoms with Gasteiger partial charge in [0, 0.05) is 13.1 Å². The van der Waals surface area contributed by atoms with Crippen LogP contribution in [0.25, 0.3) is 0 Å². The van der Waals surface area contributed by atoms with Gasteiger partial charge in [0.25, 0.3) is 5.91 Å². The molecular weight excluding hydrogens is 371 g/mol. The Kier molecular flexibility index (Phi) is 8.65. The molecule has 2 amide bonds. The monoisotopic (exact) mass is 400 g/mol. The number of ether oxygens (including phenoxy) is 1. The first kappa shape index (κ1) is 22.4. The summed E-state index contributed by atoms with van der Waals surface area (Å²) in [5.41, 5.74) is 1.84. The first-order valence-electron chi connectivity index (χ1n) is 9.91. The van der Waals surface area contributed by atoms with E-state index in [4.69, 9.17) is 4.74 Å². The predicted molar refractivity (Wildman–Crippen MR) is 111 cm³/mol. The smallest absolute Gasteiger partial charge is 0.261 e. The van der Waals surface area contributed by atoms with Crippen LogP contribution in [0.5, 0.6) is 5.75 Å². The second-order valence-electron chi connectivity index (χ2n) is 7.07. The van der Waals surface area contributed by atoms with Crippen LogP contribution in [0.3, 0.4) is 0 Å². The molecule has 1 atom stereocenters. The van der Waals surface area contributed by atoms with Crippen molar-refractivity contribution in [3.05, 3.63) is 65.5 Å². The molecule has 0 heterocycles. The number of carbonyl (C=O) groups excluding carboxylic acids is 2. The van der Waals surface area contributed by atoms with E-state index in [1.807, 2.05) is 26.0 Å². The number of benzene rings is 2. The van der Waals surface area contributed by atoms with Crippen LogP contribution in [0.1, 0.15) is 37.8 Å². The minimum Gasteiger partial charge on any atom is -0.484 e. The van der Waals surface area contributed by atoms with Crippen molar-refractivity contribution in [3.8, 4) is 5.75 Å². The Bertz CT molecular complexity index is 791. The SMILES string of the molecule is CCCCNC(=O)[C@@H](C)N(Cc1ccc(F)cc1)C(=O)COc1ccc(C)cc1. The molecule has 0 saturated heterocycles. The highest BCUT2D eigenvalue weighted by atomic mass is 19.1. The van der Waals surface area contributed by atoms with Gasteiger partial charge in [-0.25, -0.2) is 4.39 Å². The van der Waals surface area contributed by atoms with Gasteiger partial charge in [-0.15, -0.1) is 0 Å². The number of hydrogen-bond acceptors (Lipinski definition) is 3. The maximum Gasteiger partial charge on any atom is 0.261 e. The lowest BCUT2D eigenvalue weighted by Gasteiger charge is -2.28.